The van der Waals surface area contributed by atoms with E-state index in [4.69, 9.17) is 11.6 Å². The highest BCUT2D eigenvalue weighted by atomic mass is 35.5. The summed E-state index contributed by atoms with van der Waals surface area (Å²) in [5.41, 5.74) is 0.705. The summed E-state index contributed by atoms with van der Waals surface area (Å²) in [6, 6.07) is 7.19. The lowest BCUT2D eigenvalue weighted by molar-refractivity contribution is 0.0858. The number of halogens is 1. The highest BCUT2D eigenvalue weighted by Crippen LogP contribution is 2.24. The van der Waals surface area contributed by atoms with Crippen LogP contribution >= 0.6 is 11.6 Å². The molecule has 0 spiro atoms. The summed E-state index contributed by atoms with van der Waals surface area (Å²) in [5.74, 6) is 0. The maximum atomic E-state index is 11.2. The van der Waals surface area contributed by atoms with Gasteiger partial charge >= 0.3 is 0 Å². The van der Waals surface area contributed by atoms with Gasteiger partial charge in [0, 0.05) is 10.6 Å². The van der Waals surface area contributed by atoms with Gasteiger partial charge in [-0.25, -0.2) is 5.11 Å². The molecule has 1 aromatic rings. The van der Waals surface area contributed by atoms with E-state index in [0.717, 1.165) is 0 Å². The first-order valence-electron chi connectivity index (χ1n) is 3.66. The smallest absolute Gasteiger partial charge is 0.119 e. The average Bonchev–Trinajstić information content (AvgIpc) is 2.04. The van der Waals surface area contributed by atoms with Crippen LogP contribution in [-0.4, -0.2) is 0 Å². The molecule has 1 aromatic carbocycles. The third kappa shape index (κ3) is 1.95. The fraction of sp³-hybridized carbons (Fsp3) is 0.333. The van der Waals surface area contributed by atoms with Crippen LogP contribution in [0.2, 0.25) is 5.02 Å². The van der Waals surface area contributed by atoms with Crippen LogP contribution in [0.15, 0.2) is 24.3 Å². The van der Waals surface area contributed by atoms with Crippen molar-refractivity contribution >= 4 is 11.6 Å². The molecule has 2 heteroatoms. The second-order valence-electron chi connectivity index (χ2n) is 2.42. The van der Waals surface area contributed by atoms with E-state index >= 15 is 0 Å². The van der Waals surface area contributed by atoms with E-state index in [1.54, 1.807) is 12.1 Å². The van der Waals surface area contributed by atoms with Gasteiger partial charge in [0.1, 0.15) is 6.10 Å². The van der Waals surface area contributed by atoms with Crippen LogP contribution in [0.5, 0.6) is 0 Å². The quantitative estimate of drug-likeness (QED) is 0.648. The van der Waals surface area contributed by atoms with Gasteiger partial charge in [-0.15, -0.1) is 0 Å². The average molecular weight is 170 g/mol. The Kier molecular flexibility index (Phi) is 2.92. The molecule has 0 saturated heterocycles. The van der Waals surface area contributed by atoms with Gasteiger partial charge in [0.05, 0.1) is 0 Å². The van der Waals surface area contributed by atoms with Crippen molar-refractivity contribution < 1.29 is 5.11 Å². The highest BCUT2D eigenvalue weighted by molar-refractivity contribution is 6.31. The second-order valence-corrected chi connectivity index (χ2v) is 2.83. The minimum Gasteiger partial charge on any atom is -0.228 e. The van der Waals surface area contributed by atoms with Crippen molar-refractivity contribution in [3.8, 4) is 0 Å². The maximum Gasteiger partial charge on any atom is 0.119 e. The molecule has 0 aliphatic rings. The van der Waals surface area contributed by atoms with Crippen molar-refractivity contribution in [2.24, 2.45) is 0 Å². The molecule has 59 valence electrons. The standard InChI is InChI=1S/C9H10ClO/c1-2-9(11)7-5-3-4-6-8(7)10/h3-6,9H,2H2,1H3. The molecule has 0 amide bonds. The van der Waals surface area contributed by atoms with E-state index in [-0.39, 0.29) is 0 Å². The molecule has 1 nitrogen and oxygen atoms in total. The van der Waals surface area contributed by atoms with Gasteiger partial charge in [-0.2, -0.15) is 0 Å². The molecular formula is C9H10ClO. The van der Waals surface area contributed by atoms with Gasteiger partial charge in [-0.3, -0.25) is 0 Å². The van der Waals surface area contributed by atoms with Gasteiger partial charge in [0.2, 0.25) is 0 Å². The van der Waals surface area contributed by atoms with Crippen molar-refractivity contribution in [1.29, 1.82) is 0 Å². The molecule has 1 rings (SSSR count). The Morgan fingerprint density at radius 3 is 2.64 bits per heavy atom. The largest absolute Gasteiger partial charge is 0.228 e. The predicted octanol–water partition coefficient (Wildman–Crippen LogP) is 3.22. The third-order valence-electron chi connectivity index (χ3n) is 1.62. The Morgan fingerprint density at radius 1 is 1.45 bits per heavy atom. The van der Waals surface area contributed by atoms with Crippen molar-refractivity contribution in [2.45, 2.75) is 19.4 Å². The minimum atomic E-state index is -0.677. The van der Waals surface area contributed by atoms with Crippen molar-refractivity contribution in [2.75, 3.05) is 0 Å². The predicted molar refractivity (Wildman–Crippen MR) is 45.2 cm³/mol. The van der Waals surface area contributed by atoms with Gasteiger partial charge in [-0.1, -0.05) is 36.7 Å². The van der Waals surface area contributed by atoms with Crippen molar-refractivity contribution in [1.82, 2.24) is 0 Å². The molecule has 1 radical (unpaired) electrons. The highest BCUT2D eigenvalue weighted by Gasteiger charge is 2.08. The fourth-order valence-electron chi connectivity index (χ4n) is 0.956. The molecule has 0 saturated carbocycles. The van der Waals surface area contributed by atoms with Gasteiger partial charge < -0.3 is 0 Å². The monoisotopic (exact) mass is 169 g/mol. The first kappa shape index (κ1) is 8.57. The van der Waals surface area contributed by atoms with E-state index in [2.05, 4.69) is 0 Å². The lowest BCUT2D eigenvalue weighted by Crippen LogP contribution is -1.93. The number of benzene rings is 1. The molecular weight excluding hydrogens is 160 g/mol. The lowest BCUT2D eigenvalue weighted by Gasteiger charge is -2.06. The van der Waals surface area contributed by atoms with Crippen LogP contribution in [-0.2, 0) is 5.11 Å². The van der Waals surface area contributed by atoms with Gasteiger partial charge in [0.25, 0.3) is 0 Å². The first-order valence-corrected chi connectivity index (χ1v) is 4.03. The van der Waals surface area contributed by atoms with E-state index in [1.165, 1.54) is 0 Å². The second kappa shape index (κ2) is 3.74. The summed E-state index contributed by atoms with van der Waals surface area (Å²) >= 11 is 5.80. The zero-order chi connectivity index (χ0) is 8.27. The normalized spacial score (nSPS) is 13.0. The summed E-state index contributed by atoms with van der Waals surface area (Å²) in [5, 5.41) is 11.8. The summed E-state index contributed by atoms with van der Waals surface area (Å²) in [6.45, 7) is 1.86. The van der Waals surface area contributed by atoms with Crippen LogP contribution in [0, 0.1) is 0 Å². The number of hydrogen-bond acceptors (Lipinski definition) is 0. The molecule has 1 atom stereocenters. The van der Waals surface area contributed by atoms with Crippen LogP contribution in [0.4, 0.5) is 0 Å². The van der Waals surface area contributed by atoms with Crippen LogP contribution in [0.1, 0.15) is 25.0 Å². The Morgan fingerprint density at radius 2 is 2.09 bits per heavy atom. The zero-order valence-corrected chi connectivity index (χ0v) is 7.14. The Hall–Kier alpha value is -0.530. The molecule has 11 heavy (non-hydrogen) atoms. The first-order chi connectivity index (χ1) is 5.25. The van der Waals surface area contributed by atoms with E-state index < -0.39 is 6.10 Å². The Bertz CT molecular complexity index is 235. The SMILES string of the molecule is CCC([O])c1ccccc1Cl. The Balaban J connectivity index is 2.93. The van der Waals surface area contributed by atoms with Crippen molar-refractivity contribution in [3.63, 3.8) is 0 Å². The lowest BCUT2D eigenvalue weighted by atomic mass is 10.1. The molecule has 0 N–H and O–H groups in total. The zero-order valence-electron chi connectivity index (χ0n) is 6.38. The molecule has 0 aliphatic carbocycles. The molecule has 0 bridgehead atoms. The molecule has 0 aromatic heterocycles. The summed E-state index contributed by atoms with van der Waals surface area (Å²) in [6.07, 6.45) is -0.0901. The molecule has 0 fully saturated rings. The molecule has 1 unspecified atom stereocenters. The summed E-state index contributed by atoms with van der Waals surface area (Å²) < 4.78 is 0. The van der Waals surface area contributed by atoms with Crippen LogP contribution in [0.3, 0.4) is 0 Å². The maximum absolute atomic E-state index is 11.2. The molecule has 0 aliphatic heterocycles. The topological polar surface area (TPSA) is 19.9 Å². The Labute approximate surface area is 71.6 Å². The summed E-state index contributed by atoms with van der Waals surface area (Å²) in [7, 11) is 0. The number of hydrogen-bond donors (Lipinski definition) is 0. The fourth-order valence-corrected chi connectivity index (χ4v) is 1.21. The number of rotatable bonds is 2. The van der Waals surface area contributed by atoms with E-state index in [1.807, 2.05) is 19.1 Å². The van der Waals surface area contributed by atoms with E-state index in [9.17, 15) is 5.11 Å². The van der Waals surface area contributed by atoms with Gasteiger partial charge in [0.15, 0.2) is 0 Å². The minimum absolute atomic E-state index is 0.578. The third-order valence-corrected chi connectivity index (χ3v) is 1.97. The van der Waals surface area contributed by atoms with Gasteiger partial charge in [-0.05, 0) is 12.5 Å². The summed E-state index contributed by atoms with van der Waals surface area (Å²) in [4.78, 5) is 0. The van der Waals surface area contributed by atoms with E-state index in [0.29, 0.717) is 17.0 Å². The van der Waals surface area contributed by atoms with Crippen LogP contribution < -0.4 is 0 Å². The van der Waals surface area contributed by atoms with Crippen molar-refractivity contribution in [3.05, 3.63) is 34.9 Å². The van der Waals surface area contributed by atoms with Crippen LogP contribution in [0.25, 0.3) is 0 Å². The molecule has 0 heterocycles.